The number of nitrogens with zero attached hydrogens (tertiary/aromatic N) is 6. The first-order valence-electron chi connectivity index (χ1n) is 13.4. The molecule has 192 valence electrons. The average Bonchev–Trinajstić information content (AvgIpc) is 3.54. The molecule has 0 atom stereocenters. The first kappa shape index (κ1) is 22.0. The molecule has 0 bridgehead atoms. The van der Waals surface area contributed by atoms with Crippen LogP contribution in [0.4, 0.5) is 0 Å². The number of para-hydroxylation sites is 1. The molecule has 0 N–H and O–H groups in total. The van der Waals surface area contributed by atoms with Crippen molar-refractivity contribution in [2.45, 2.75) is 0 Å². The van der Waals surface area contributed by atoms with Crippen molar-refractivity contribution in [2.24, 2.45) is 0 Å². The predicted octanol–water partition coefficient (Wildman–Crippen LogP) is 7.84. The molecular formula is C34H20N6O. The Morgan fingerprint density at radius 2 is 1.29 bits per heavy atom. The summed E-state index contributed by atoms with van der Waals surface area (Å²) in [7, 11) is 0. The lowest BCUT2D eigenvalue weighted by atomic mass is 10.0. The Balaban J connectivity index is 1.26. The second-order valence-corrected chi connectivity index (χ2v) is 10.1. The van der Waals surface area contributed by atoms with Crippen LogP contribution in [0.3, 0.4) is 0 Å². The van der Waals surface area contributed by atoms with E-state index in [1.807, 2.05) is 42.6 Å². The maximum Gasteiger partial charge on any atom is 0.237 e. The molecule has 4 heterocycles. The molecule has 9 aromatic rings. The molecule has 7 heteroatoms. The largest absolute Gasteiger partial charge is 0.457 e. The van der Waals surface area contributed by atoms with Gasteiger partial charge in [-0.3, -0.25) is 9.13 Å². The van der Waals surface area contributed by atoms with E-state index in [0.29, 0.717) is 5.95 Å². The fourth-order valence-electron chi connectivity index (χ4n) is 6.17. The topological polar surface area (TPSA) is 70.7 Å². The zero-order valence-corrected chi connectivity index (χ0v) is 21.6. The molecule has 0 unspecified atom stereocenters. The molecule has 0 saturated carbocycles. The molecule has 0 saturated heterocycles. The molecule has 0 fully saturated rings. The van der Waals surface area contributed by atoms with E-state index in [-0.39, 0.29) is 0 Å². The van der Waals surface area contributed by atoms with Crippen molar-refractivity contribution in [3.8, 4) is 23.3 Å². The van der Waals surface area contributed by atoms with E-state index in [0.717, 1.165) is 55.5 Å². The summed E-state index contributed by atoms with van der Waals surface area (Å²) in [6.45, 7) is 0. The number of pyridine rings is 1. The zero-order chi connectivity index (χ0) is 26.9. The van der Waals surface area contributed by atoms with E-state index in [2.05, 4.69) is 90.8 Å². The summed E-state index contributed by atoms with van der Waals surface area (Å²) in [6.07, 6.45) is 4.87. The van der Waals surface area contributed by atoms with Crippen LogP contribution in [0.25, 0.3) is 66.2 Å². The number of fused-ring (bicyclic) bond motifs is 3. The summed E-state index contributed by atoms with van der Waals surface area (Å²) < 4.78 is 10.9. The fourth-order valence-corrected chi connectivity index (χ4v) is 6.17. The first-order valence-corrected chi connectivity index (χ1v) is 13.4. The predicted molar refractivity (Wildman–Crippen MR) is 162 cm³/mol. The number of benzene rings is 5. The zero-order valence-electron chi connectivity index (χ0n) is 21.6. The molecule has 0 amide bonds. The SMILES string of the molecule is c1ccc(-n2c3cccc4ccc5cc(Oc6ccc7c8ccccc8n(-c8ncncn8)c7c6)cc2c5c43)nc1. The van der Waals surface area contributed by atoms with Crippen molar-refractivity contribution in [2.75, 3.05) is 0 Å². The fraction of sp³-hybridized carbons (Fsp3) is 0. The normalized spacial score (nSPS) is 11.9. The van der Waals surface area contributed by atoms with Gasteiger partial charge >= 0.3 is 0 Å². The van der Waals surface area contributed by atoms with Gasteiger partial charge in [0.2, 0.25) is 5.95 Å². The van der Waals surface area contributed by atoms with E-state index >= 15 is 0 Å². The quantitative estimate of drug-likeness (QED) is 0.218. The molecule has 4 aromatic heterocycles. The van der Waals surface area contributed by atoms with Crippen LogP contribution in [0.2, 0.25) is 0 Å². The number of aromatic nitrogens is 6. The Morgan fingerprint density at radius 3 is 2.20 bits per heavy atom. The standard InChI is InChI=1S/C34H20N6O/c1-2-8-27-25(7-1)26-14-13-23(17-29(26)40(27)34-37-19-35-20-38-34)41-24-16-22-12-11-21-6-5-9-28-32(21)33(22)30(18-24)39(28)31-10-3-4-15-36-31/h1-20H. The number of hydrogen-bond donors (Lipinski definition) is 0. The molecular weight excluding hydrogens is 508 g/mol. The van der Waals surface area contributed by atoms with E-state index in [4.69, 9.17) is 9.72 Å². The summed E-state index contributed by atoms with van der Waals surface area (Å²) in [5.74, 6) is 2.92. The van der Waals surface area contributed by atoms with Crippen molar-refractivity contribution in [1.82, 2.24) is 29.1 Å². The first-order chi connectivity index (χ1) is 20.3. The van der Waals surface area contributed by atoms with Crippen LogP contribution in [0.15, 0.2) is 122 Å². The second kappa shape index (κ2) is 8.34. The monoisotopic (exact) mass is 528 g/mol. The van der Waals surface area contributed by atoms with Gasteiger partial charge in [0.15, 0.2) is 0 Å². The average molecular weight is 529 g/mol. The lowest BCUT2D eigenvalue weighted by Gasteiger charge is -2.11. The van der Waals surface area contributed by atoms with Crippen LogP contribution >= 0.6 is 0 Å². The van der Waals surface area contributed by atoms with Gasteiger partial charge < -0.3 is 4.74 Å². The maximum atomic E-state index is 6.60. The lowest BCUT2D eigenvalue weighted by molar-refractivity contribution is 0.484. The number of ether oxygens (including phenoxy) is 1. The van der Waals surface area contributed by atoms with Gasteiger partial charge in [0.05, 0.1) is 22.1 Å². The summed E-state index contributed by atoms with van der Waals surface area (Å²) in [5.41, 5.74) is 4.17. The highest BCUT2D eigenvalue weighted by Crippen LogP contribution is 2.42. The van der Waals surface area contributed by atoms with Crippen LogP contribution in [0.1, 0.15) is 0 Å². The molecule has 0 aliphatic heterocycles. The van der Waals surface area contributed by atoms with Gasteiger partial charge in [-0.05, 0) is 53.2 Å². The minimum absolute atomic E-state index is 0.565. The summed E-state index contributed by atoms with van der Waals surface area (Å²) in [6, 6.07) is 35.4. The second-order valence-electron chi connectivity index (χ2n) is 10.1. The molecule has 0 radical (unpaired) electrons. The van der Waals surface area contributed by atoms with Gasteiger partial charge in [0.25, 0.3) is 0 Å². The van der Waals surface area contributed by atoms with Crippen LogP contribution < -0.4 is 4.74 Å². The van der Waals surface area contributed by atoms with E-state index in [1.165, 1.54) is 28.8 Å². The smallest absolute Gasteiger partial charge is 0.237 e. The summed E-state index contributed by atoms with van der Waals surface area (Å²) >= 11 is 0. The Hall–Kier alpha value is -5.82. The van der Waals surface area contributed by atoms with Crippen LogP contribution in [0, 0.1) is 0 Å². The minimum atomic E-state index is 0.565. The van der Waals surface area contributed by atoms with Crippen molar-refractivity contribution >= 4 is 54.4 Å². The van der Waals surface area contributed by atoms with Crippen LogP contribution in [-0.4, -0.2) is 29.1 Å². The van der Waals surface area contributed by atoms with Gasteiger partial charge in [0.1, 0.15) is 30.0 Å². The third-order valence-electron chi connectivity index (χ3n) is 7.81. The number of hydrogen-bond acceptors (Lipinski definition) is 5. The molecule has 5 aromatic carbocycles. The van der Waals surface area contributed by atoms with Gasteiger partial charge in [-0.2, -0.15) is 0 Å². The van der Waals surface area contributed by atoms with Gasteiger partial charge in [-0.15, -0.1) is 0 Å². The third kappa shape index (κ3) is 3.20. The van der Waals surface area contributed by atoms with Crippen molar-refractivity contribution in [3.63, 3.8) is 0 Å². The van der Waals surface area contributed by atoms with Crippen LogP contribution in [-0.2, 0) is 0 Å². The molecule has 0 spiro atoms. The Bertz CT molecular complexity index is 2390. The van der Waals surface area contributed by atoms with E-state index in [1.54, 1.807) is 0 Å². The maximum absolute atomic E-state index is 6.60. The van der Waals surface area contributed by atoms with Gasteiger partial charge in [0, 0.05) is 39.9 Å². The van der Waals surface area contributed by atoms with Crippen molar-refractivity contribution < 1.29 is 4.74 Å². The Labute approximate surface area is 233 Å². The van der Waals surface area contributed by atoms with Crippen LogP contribution in [0.5, 0.6) is 11.5 Å². The lowest BCUT2D eigenvalue weighted by Crippen LogP contribution is -2.00. The molecule has 9 rings (SSSR count). The van der Waals surface area contributed by atoms with Gasteiger partial charge in [-0.25, -0.2) is 19.9 Å². The Kier molecular flexibility index (Phi) is 4.48. The highest BCUT2D eigenvalue weighted by Gasteiger charge is 2.19. The van der Waals surface area contributed by atoms with E-state index in [9.17, 15) is 0 Å². The van der Waals surface area contributed by atoms with Crippen molar-refractivity contribution in [1.29, 1.82) is 0 Å². The minimum Gasteiger partial charge on any atom is -0.457 e. The highest BCUT2D eigenvalue weighted by molar-refractivity contribution is 6.24. The molecule has 7 nitrogen and oxygen atoms in total. The summed E-state index contributed by atoms with van der Waals surface area (Å²) in [4.78, 5) is 17.6. The van der Waals surface area contributed by atoms with Gasteiger partial charge in [-0.1, -0.05) is 48.5 Å². The Morgan fingerprint density at radius 1 is 0.512 bits per heavy atom. The van der Waals surface area contributed by atoms with Crippen molar-refractivity contribution in [3.05, 3.63) is 122 Å². The molecule has 0 aliphatic carbocycles. The highest BCUT2D eigenvalue weighted by atomic mass is 16.5. The number of rotatable bonds is 4. The third-order valence-corrected chi connectivity index (χ3v) is 7.81. The summed E-state index contributed by atoms with van der Waals surface area (Å²) in [5, 5.41) is 7.00. The molecule has 0 aliphatic rings. The molecule has 41 heavy (non-hydrogen) atoms. The van der Waals surface area contributed by atoms with E-state index < -0.39 is 0 Å².